The second-order valence-corrected chi connectivity index (χ2v) is 5.06. The molecule has 1 atom stereocenters. The van der Waals surface area contributed by atoms with Crippen LogP contribution in [0.15, 0.2) is 0 Å². The summed E-state index contributed by atoms with van der Waals surface area (Å²) in [5, 5.41) is 2.42. The molecule has 0 aliphatic rings. The molecule has 0 saturated carbocycles. The Balaban J connectivity index is 4.47. The summed E-state index contributed by atoms with van der Waals surface area (Å²) in [7, 11) is 0. The molecule has 0 saturated heterocycles. The van der Waals surface area contributed by atoms with E-state index < -0.39 is 23.7 Å². The van der Waals surface area contributed by atoms with E-state index in [0.717, 1.165) is 0 Å². The molecule has 1 N–H and O–H groups in total. The van der Waals surface area contributed by atoms with Gasteiger partial charge in [0.1, 0.15) is 18.2 Å². The van der Waals surface area contributed by atoms with Crippen molar-refractivity contribution in [3.8, 4) is 0 Å². The largest absolute Gasteiger partial charge is 0.463 e. The third kappa shape index (κ3) is 8.18. The Morgan fingerprint density at radius 3 is 2.11 bits per heavy atom. The van der Waals surface area contributed by atoms with Crippen LogP contribution in [0.4, 0.5) is 4.79 Å². The predicted octanol–water partition coefficient (Wildman–Crippen LogP) is 1.81. The maximum Gasteiger partial charge on any atom is 0.408 e. The third-order valence-corrected chi connectivity index (χ3v) is 2.13. The van der Waals surface area contributed by atoms with E-state index in [9.17, 15) is 14.4 Å². The van der Waals surface area contributed by atoms with E-state index >= 15 is 0 Å². The molecule has 0 aliphatic heterocycles. The van der Waals surface area contributed by atoms with E-state index in [4.69, 9.17) is 9.47 Å². The van der Waals surface area contributed by atoms with Crippen molar-refractivity contribution in [2.24, 2.45) is 0 Å². The highest BCUT2D eigenvalue weighted by molar-refractivity contribution is 5.87. The van der Waals surface area contributed by atoms with Gasteiger partial charge in [-0.3, -0.25) is 9.59 Å². The summed E-state index contributed by atoms with van der Waals surface area (Å²) in [6.07, 6.45) is -0.240. The first-order valence-corrected chi connectivity index (χ1v) is 6.37. The summed E-state index contributed by atoms with van der Waals surface area (Å²) in [5.41, 5.74) is -0.649. The highest BCUT2D eigenvalue weighted by Gasteiger charge is 2.24. The molecule has 0 unspecified atom stereocenters. The fraction of sp³-hybridized carbons (Fsp3) is 0.769. The number of hydrogen-bond donors (Lipinski definition) is 1. The third-order valence-electron chi connectivity index (χ3n) is 2.13. The number of amides is 1. The lowest BCUT2D eigenvalue weighted by atomic mass is 10.1. The first-order chi connectivity index (χ1) is 8.69. The Labute approximate surface area is 113 Å². The molecular weight excluding hydrogens is 250 g/mol. The first kappa shape index (κ1) is 17.4. The van der Waals surface area contributed by atoms with Gasteiger partial charge < -0.3 is 14.8 Å². The summed E-state index contributed by atoms with van der Waals surface area (Å²) in [5.74, 6) is -0.630. The highest BCUT2D eigenvalue weighted by atomic mass is 16.6. The fourth-order valence-electron chi connectivity index (χ4n) is 1.19. The number of hydrogen-bond acceptors (Lipinski definition) is 5. The van der Waals surface area contributed by atoms with Gasteiger partial charge in [-0.05, 0) is 20.8 Å². The molecule has 0 bridgehead atoms. The molecule has 0 aromatic heterocycles. The van der Waals surface area contributed by atoms with Gasteiger partial charge in [0.05, 0.1) is 0 Å². The van der Waals surface area contributed by atoms with E-state index in [1.165, 1.54) is 0 Å². The number of carbonyl (C=O) groups is 3. The van der Waals surface area contributed by atoms with Gasteiger partial charge in [0, 0.05) is 12.8 Å². The molecule has 0 fully saturated rings. The van der Waals surface area contributed by atoms with Gasteiger partial charge in [-0.2, -0.15) is 0 Å². The van der Waals surface area contributed by atoms with E-state index in [1.54, 1.807) is 34.6 Å². The molecule has 0 spiro atoms. The molecule has 0 heterocycles. The van der Waals surface area contributed by atoms with Crippen molar-refractivity contribution in [2.75, 3.05) is 6.61 Å². The minimum Gasteiger partial charge on any atom is -0.463 e. The lowest BCUT2D eigenvalue weighted by Gasteiger charge is -2.22. The van der Waals surface area contributed by atoms with Crippen molar-refractivity contribution in [3.05, 3.63) is 0 Å². The Bertz CT molecular complexity index is 332. The number of carbonyl (C=O) groups excluding carboxylic acids is 3. The zero-order valence-electron chi connectivity index (χ0n) is 12.2. The summed E-state index contributed by atoms with van der Waals surface area (Å²) < 4.78 is 9.93. The molecule has 110 valence electrons. The van der Waals surface area contributed by atoms with E-state index in [2.05, 4.69) is 5.32 Å². The number of rotatable bonds is 6. The number of Topliss-reactive ketones (excluding diaryl/α,β-unsaturated/α-hetero) is 1. The van der Waals surface area contributed by atoms with Crippen LogP contribution in [0.3, 0.4) is 0 Å². The van der Waals surface area contributed by atoms with E-state index in [-0.39, 0.29) is 25.2 Å². The van der Waals surface area contributed by atoms with Crippen molar-refractivity contribution >= 4 is 17.8 Å². The van der Waals surface area contributed by atoms with Gasteiger partial charge in [-0.25, -0.2) is 4.79 Å². The Hall–Kier alpha value is -1.59. The molecule has 0 radical (unpaired) electrons. The standard InChI is InChI=1S/C13H23NO5/c1-6-10(15)9(8-18-11(16)7-2)14-12(17)19-13(3,4)5/h9H,6-8H2,1-5H3,(H,14,17)/t9-/m0/s1. The van der Waals surface area contributed by atoms with Crippen LogP contribution in [0.2, 0.25) is 0 Å². The van der Waals surface area contributed by atoms with Crippen molar-refractivity contribution in [1.82, 2.24) is 5.32 Å². The van der Waals surface area contributed by atoms with Crippen molar-refractivity contribution in [3.63, 3.8) is 0 Å². The number of ether oxygens (including phenoxy) is 2. The average molecular weight is 273 g/mol. The van der Waals surface area contributed by atoms with Crippen LogP contribution < -0.4 is 5.32 Å². The first-order valence-electron chi connectivity index (χ1n) is 6.37. The maximum absolute atomic E-state index is 11.7. The second-order valence-electron chi connectivity index (χ2n) is 5.06. The zero-order chi connectivity index (χ0) is 15.1. The molecule has 0 aromatic rings. The van der Waals surface area contributed by atoms with Crippen LogP contribution in [0.1, 0.15) is 47.5 Å². The van der Waals surface area contributed by atoms with E-state index in [0.29, 0.717) is 0 Å². The van der Waals surface area contributed by atoms with Gasteiger partial charge >= 0.3 is 12.1 Å². The van der Waals surface area contributed by atoms with Crippen LogP contribution in [0, 0.1) is 0 Å². The Morgan fingerprint density at radius 2 is 1.68 bits per heavy atom. The van der Waals surface area contributed by atoms with Gasteiger partial charge in [-0.15, -0.1) is 0 Å². The number of alkyl carbamates (subject to hydrolysis) is 1. The number of nitrogens with one attached hydrogen (secondary N) is 1. The SMILES string of the molecule is CCC(=O)OC[C@H](NC(=O)OC(C)(C)C)C(=O)CC. The minimum atomic E-state index is -0.865. The number of ketones is 1. The molecule has 1 amide bonds. The van der Waals surface area contributed by atoms with Gasteiger partial charge in [-0.1, -0.05) is 13.8 Å². The van der Waals surface area contributed by atoms with Crippen molar-refractivity contribution < 1.29 is 23.9 Å². The maximum atomic E-state index is 11.7. The number of esters is 1. The monoisotopic (exact) mass is 273 g/mol. The summed E-state index contributed by atoms with van der Waals surface area (Å²) in [6.45, 7) is 8.33. The van der Waals surface area contributed by atoms with Crippen LogP contribution in [-0.2, 0) is 19.1 Å². The topological polar surface area (TPSA) is 81.7 Å². The second kappa shape index (κ2) is 7.76. The quantitative estimate of drug-likeness (QED) is 0.746. The van der Waals surface area contributed by atoms with Crippen molar-refractivity contribution in [2.45, 2.75) is 59.1 Å². The normalized spacial score (nSPS) is 12.5. The minimum absolute atomic E-state index is 0.168. The smallest absolute Gasteiger partial charge is 0.408 e. The van der Waals surface area contributed by atoms with Gasteiger partial charge in [0.25, 0.3) is 0 Å². The van der Waals surface area contributed by atoms with Crippen molar-refractivity contribution in [1.29, 1.82) is 0 Å². The predicted molar refractivity (Wildman–Crippen MR) is 69.7 cm³/mol. The lowest BCUT2D eigenvalue weighted by molar-refractivity contribution is -0.144. The van der Waals surface area contributed by atoms with Gasteiger partial charge in [0.15, 0.2) is 5.78 Å². The molecule has 0 rings (SSSR count). The molecular formula is C13H23NO5. The highest BCUT2D eigenvalue weighted by Crippen LogP contribution is 2.07. The van der Waals surface area contributed by atoms with Crippen LogP contribution >= 0.6 is 0 Å². The summed E-state index contributed by atoms with van der Waals surface area (Å²) in [4.78, 5) is 34.3. The summed E-state index contributed by atoms with van der Waals surface area (Å²) in [6, 6.07) is -0.865. The van der Waals surface area contributed by atoms with Crippen LogP contribution in [0.25, 0.3) is 0 Å². The molecule has 19 heavy (non-hydrogen) atoms. The molecule has 0 aromatic carbocycles. The summed E-state index contributed by atoms with van der Waals surface area (Å²) >= 11 is 0. The Kier molecular flexibility index (Phi) is 7.11. The zero-order valence-corrected chi connectivity index (χ0v) is 12.2. The average Bonchev–Trinajstić information content (AvgIpc) is 2.30. The molecule has 6 heteroatoms. The molecule has 6 nitrogen and oxygen atoms in total. The van der Waals surface area contributed by atoms with E-state index in [1.807, 2.05) is 0 Å². The van der Waals surface area contributed by atoms with Gasteiger partial charge in [0.2, 0.25) is 0 Å². The fourth-order valence-corrected chi connectivity index (χ4v) is 1.19. The van der Waals surface area contributed by atoms with Crippen LogP contribution in [0.5, 0.6) is 0 Å². The lowest BCUT2D eigenvalue weighted by Crippen LogP contribution is -2.46. The molecule has 0 aliphatic carbocycles. The van der Waals surface area contributed by atoms with Crippen LogP contribution in [-0.4, -0.2) is 36.1 Å². The Morgan fingerprint density at radius 1 is 1.11 bits per heavy atom.